The van der Waals surface area contributed by atoms with Gasteiger partial charge < -0.3 is 16.0 Å². The molecule has 0 aliphatic carbocycles. The second-order valence-electron chi connectivity index (χ2n) is 9.26. The number of carbonyl (C=O) groups excluding carboxylic acids is 3. The highest BCUT2D eigenvalue weighted by molar-refractivity contribution is 8.00. The van der Waals surface area contributed by atoms with Crippen molar-refractivity contribution in [3.05, 3.63) is 123 Å². The summed E-state index contributed by atoms with van der Waals surface area (Å²) in [6.45, 7) is 1.82. The fourth-order valence-corrected chi connectivity index (χ4v) is 6.58. The Morgan fingerprint density at radius 2 is 1.66 bits per heavy atom. The molecule has 5 rings (SSSR count). The quantitative estimate of drug-likeness (QED) is 0.101. The van der Waals surface area contributed by atoms with Crippen LogP contribution in [0.2, 0.25) is 10.0 Å². The molecule has 3 N–H and O–H groups in total. The SMILES string of the molecule is CC(Sc1ccc(NC(=O)/C(=C/c2cccc(Cl)c2Cl)NC(=O)c2ccccc2)cc1)C(=O)Nc1nc(-c2cccs2)cs1. The number of benzene rings is 3. The topological polar surface area (TPSA) is 100 Å². The van der Waals surface area contributed by atoms with Crippen molar-refractivity contribution in [2.75, 3.05) is 10.6 Å². The molecule has 2 aromatic heterocycles. The van der Waals surface area contributed by atoms with Gasteiger partial charge in [-0.1, -0.05) is 59.6 Å². The molecule has 3 aromatic carbocycles. The van der Waals surface area contributed by atoms with Crippen molar-refractivity contribution >= 4 is 92.3 Å². The van der Waals surface area contributed by atoms with Crippen molar-refractivity contribution in [1.29, 1.82) is 0 Å². The van der Waals surface area contributed by atoms with Crippen LogP contribution in [0.1, 0.15) is 22.8 Å². The van der Waals surface area contributed by atoms with Crippen LogP contribution in [0.5, 0.6) is 0 Å². The highest BCUT2D eigenvalue weighted by Crippen LogP contribution is 2.30. The van der Waals surface area contributed by atoms with Gasteiger partial charge in [-0.2, -0.15) is 0 Å². The number of anilines is 2. The predicted molar refractivity (Wildman–Crippen MR) is 183 cm³/mol. The molecular formula is C32H24Cl2N4O3S3. The molecule has 222 valence electrons. The fourth-order valence-electron chi connectivity index (χ4n) is 3.88. The standard InChI is InChI=1S/C32H24Cl2N4O3S3/c1-19(29(39)38-32-37-26(18-43-32)27-11-6-16-42-27)44-23-14-12-22(13-15-23)35-31(41)25(17-21-9-5-10-24(33)28(21)34)36-30(40)20-7-3-2-4-8-20/h2-19H,1H3,(H,35,41)(H,36,40)(H,37,38,39)/b25-17-. The van der Waals surface area contributed by atoms with Gasteiger partial charge in [0.1, 0.15) is 5.70 Å². The molecule has 1 atom stereocenters. The third-order valence-electron chi connectivity index (χ3n) is 6.11. The molecule has 1 unspecified atom stereocenters. The van der Waals surface area contributed by atoms with E-state index in [1.54, 1.807) is 72.0 Å². The maximum absolute atomic E-state index is 13.3. The number of thiophene rings is 1. The van der Waals surface area contributed by atoms with Gasteiger partial charge in [0, 0.05) is 21.5 Å². The second-order valence-corrected chi connectivity index (χ2v) is 13.3. The van der Waals surface area contributed by atoms with Crippen LogP contribution in [-0.2, 0) is 9.59 Å². The van der Waals surface area contributed by atoms with Crippen LogP contribution in [0, 0.1) is 0 Å². The summed E-state index contributed by atoms with van der Waals surface area (Å²) in [4.78, 5) is 45.4. The number of thiazole rings is 1. The van der Waals surface area contributed by atoms with E-state index < -0.39 is 17.1 Å². The van der Waals surface area contributed by atoms with Crippen molar-refractivity contribution in [2.24, 2.45) is 0 Å². The van der Waals surface area contributed by atoms with Crippen molar-refractivity contribution in [3.63, 3.8) is 0 Å². The molecule has 0 fully saturated rings. The van der Waals surface area contributed by atoms with Gasteiger partial charge in [0.2, 0.25) is 5.91 Å². The van der Waals surface area contributed by atoms with Gasteiger partial charge in [-0.05, 0) is 72.5 Å². The first-order chi connectivity index (χ1) is 21.3. The number of carbonyl (C=O) groups is 3. The van der Waals surface area contributed by atoms with Gasteiger partial charge in [-0.3, -0.25) is 14.4 Å². The minimum absolute atomic E-state index is 0.0174. The van der Waals surface area contributed by atoms with Crippen molar-refractivity contribution in [2.45, 2.75) is 17.1 Å². The molecule has 12 heteroatoms. The lowest BCUT2D eigenvalue weighted by molar-refractivity contribution is -0.115. The summed E-state index contributed by atoms with van der Waals surface area (Å²) in [7, 11) is 0. The Morgan fingerprint density at radius 3 is 2.39 bits per heavy atom. The van der Waals surface area contributed by atoms with Gasteiger partial charge in [-0.15, -0.1) is 34.4 Å². The Balaban J connectivity index is 1.24. The number of hydrogen-bond donors (Lipinski definition) is 3. The highest BCUT2D eigenvalue weighted by Gasteiger charge is 2.18. The minimum Gasteiger partial charge on any atom is -0.321 e. The number of nitrogens with one attached hydrogen (secondary N) is 3. The zero-order valence-electron chi connectivity index (χ0n) is 23.0. The Kier molecular flexibility index (Phi) is 10.5. The lowest BCUT2D eigenvalue weighted by Crippen LogP contribution is -2.30. The van der Waals surface area contributed by atoms with Gasteiger partial charge in [0.25, 0.3) is 11.8 Å². The van der Waals surface area contributed by atoms with E-state index in [1.807, 2.05) is 41.9 Å². The summed E-state index contributed by atoms with van der Waals surface area (Å²) in [6.07, 6.45) is 1.47. The summed E-state index contributed by atoms with van der Waals surface area (Å²) < 4.78 is 0. The van der Waals surface area contributed by atoms with Crippen LogP contribution >= 0.6 is 57.6 Å². The van der Waals surface area contributed by atoms with Gasteiger partial charge >= 0.3 is 0 Å². The lowest BCUT2D eigenvalue weighted by atomic mass is 10.1. The summed E-state index contributed by atoms with van der Waals surface area (Å²) >= 11 is 16.9. The van der Waals surface area contributed by atoms with E-state index in [0.717, 1.165) is 15.5 Å². The Bertz CT molecular complexity index is 1810. The molecule has 0 aliphatic rings. The molecule has 0 saturated heterocycles. The fraction of sp³-hybridized carbons (Fsp3) is 0.0625. The zero-order chi connectivity index (χ0) is 31.1. The van der Waals surface area contributed by atoms with Crippen molar-refractivity contribution in [1.82, 2.24) is 10.3 Å². The van der Waals surface area contributed by atoms with E-state index in [0.29, 0.717) is 27.0 Å². The molecule has 0 aliphatic heterocycles. The van der Waals surface area contributed by atoms with Crippen LogP contribution in [0.25, 0.3) is 16.6 Å². The van der Waals surface area contributed by atoms with Crippen LogP contribution in [0.15, 0.2) is 106 Å². The van der Waals surface area contributed by atoms with Gasteiger partial charge in [0.15, 0.2) is 5.13 Å². The average Bonchev–Trinajstić information content (AvgIpc) is 3.73. The number of nitrogens with zero attached hydrogens (tertiary/aromatic N) is 1. The van der Waals surface area contributed by atoms with Gasteiger partial charge in [0.05, 0.1) is 25.9 Å². The molecule has 0 radical (unpaired) electrons. The van der Waals surface area contributed by atoms with E-state index in [-0.39, 0.29) is 16.6 Å². The number of aromatic nitrogens is 1. The normalized spacial score (nSPS) is 11.9. The molecule has 0 saturated carbocycles. The molecule has 3 amide bonds. The summed E-state index contributed by atoms with van der Waals surface area (Å²) in [5.41, 5.74) is 2.18. The van der Waals surface area contributed by atoms with E-state index >= 15 is 0 Å². The first-order valence-electron chi connectivity index (χ1n) is 13.2. The van der Waals surface area contributed by atoms with E-state index in [1.165, 1.54) is 29.2 Å². The van der Waals surface area contributed by atoms with Gasteiger partial charge in [-0.25, -0.2) is 4.98 Å². The third kappa shape index (κ3) is 8.16. The van der Waals surface area contributed by atoms with Crippen LogP contribution in [-0.4, -0.2) is 28.0 Å². The maximum Gasteiger partial charge on any atom is 0.272 e. The number of halogens is 2. The second kappa shape index (κ2) is 14.7. The molecule has 7 nitrogen and oxygen atoms in total. The number of hydrogen-bond acceptors (Lipinski definition) is 7. The van der Waals surface area contributed by atoms with E-state index in [4.69, 9.17) is 23.2 Å². The molecule has 5 aromatic rings. The van der Waals surface area contributed by atoms with Crippen LogP contribution in [0.4, 0.5) is 10.8 Å². The largest absolute Gasteiger partial charge is 0.321 e. The van der Waals surface area contributed by atoms with Crippen LogP contribution < -0.4 is 16.0 Å². The monoisotopic (exact) mass is 678 g/mol. The minimum atomic E-state index is -0.552. The Morgan fingerprint density at radius 1 is 0.886 bits per heavy atom. The maximum atomic E-state index is 13.3. The molecule has 44 heavy (non-hydrogen) atoms. The third-order valence-corrected chi connectivity index (χ3v) is 9.71. The highest BCUT2D eigenvalue weighted by atomic mass is 35.5. The molecular weight excluding hydrogens is 655 g/mol. The van der Waals surface area contributed by atoms with E-state index in [9.17, 15) is 14.4 Å². The Hall–Kier alpha value is -3.93. The summed E-state index contributed by atoms with van der Waals surface area (Å²) in [5.74, 6) is -1.17. The summed E-state index contributed by atoms with van der Waals surface area (Å²) in [5, 5.41) is 13.0. The first kappa shape index (κ1) is 31.5. The lowest BCUT2D eigenvalue weighted by Gasteiger charge is -2.13. The predicted octanol–water partition coefficient (Wildman–Crippen LogP) is 8.71. The number of thioether (sulfide) groups is 1. The molecule has 0 bridgehead atoms. The van der Waals surface area contributed by atoms with Crippen molar-refractivity contribution in [3.8, 4) is 10.6 Å². The molecule has 2 heterocycles. The smallest absolute Gasteiger partial charge is 0.272 e. The number of amides is 3. The average molecular weight is 680 g/mol. The summed E-state index contributed by atoms with van der Waals surface area (Å²) in [6, 6.07) is 24.6. The molecule has 0 spiro atoms. The van der Waals surface area contributed by atoms with E-state index in [2.05, 4.69) is 20.9 Å². The van der Waals surface area contributed by atoms with Crippen molar-refractivity contribution < 1.29 is 14.4 Å². The first-order valence-corrected chi connectivity index (χ1v) is 16.6. The van der Waals surface area contributed by atoms with Crippen LogP contribution in [0.3, 0.4) is 0 Å². The number of rotatable bonds is 10. The Labute approximate surface area is 276 Å². The zero-order valence-corrected chi connectivity index (χ0v) is 27.0.